The zero-order valence-corrected chi connectivity index (χ0v) is 33.6. The van der Waals surface area contributed by atoms with Crippen molar-refractivity contribution < 1.29 is 9.47 Å². The Kier molecular flexibility index (Phi) is 12.9. The van der Waals surface area contributed by atoms with Gasteiger partial charge in [0.15, 0.2) is 0 Å². The number of nitrogens with one attached hydrogen (secondary N) is 1. The van der Waals surface area contributed by atoms with Crippen LogP contribution in [0.25, 0.3) is 33.9 Å². The summed E-state index contributed by atoms with van der Waals surface area (Å²) < 4.78 is 12.5. The molecule has 2 aliphatic heterocycles. The Balaban J connectivity index is 0.000000186. The van der Waals surface area contributed by atoms with E-state index in [0.717, 1.165) is 85.3 Å². The average Bonchev–Trinajstić information content (AvgIpc) is 3.29. The molecule has 0 saturated heterocycles. The van der Waals surface area contributed by atoms with Gasteiger partial charge in [0.05, 0.1) is 23.5 Å². The van der Waals surface area contributed by atoms with Gasteiger partial charge >= 0.3 is 0 Å². The number of rotatable bonds is 10. The van der Waals surface area contributed by atoms with Crippen molar-refractivity contribution in [3.8, 4) is 22.6 Å². The maximum atomic E-state index is 6.36. The zero-order chi connectivity index (χ0) is 41.0. The van der Waals surface area contributed by atoms with Crippen LogP contribution in [-0.4, -0.2) is 26.0 Å². The summed E-state index contributed by atoms with van der Waals surface area (Å²) in [6, 6.07) is 51.3. The van der Waals surface area contributed by atoms with Crippen molar-refractivity contribution in [3.63, 3.8) is 0 Å². The lowest BCUT2D eigenvalue weighted by Gasteiger charge is -2.28. The predicted octanol–water partition coefficient (Wildman–Crippen LogP) is 13.2. The maximum Gasteiger partial charge on any atom is 0.142 e. The normalized spacial score (nSPS) is 13.5. The van der Waals surface area contributed by atoms with Gasteiger partial charge in [-0.2, -0.15) is 0 Å². The number of ether oxygens (including phenoxy) is 2. The lowest BCUT2D eigenvalue weighted by atomic mass is 9.88. The van der Waals surface area contributed by atoms with Gasteiger partial charge in [-0.15, -0.1) is 0 Å². The summed E-state index contributed by atoms with van der Waals surface area (Å²) in [5, 5.41) is 3.17. The van der Waals surface area contributed by atoms with E-state index < -0.39 is 0 Å². The topological polar surface area (TPSA) is 55.2 Å². The van der Waals surface area contributed by atoms with E-state index in [1.807, 2.05) is 111 Å². The molecular weight excluding hydrogens is 723 g/mol. The second-order valence-electron chi connectivity index (χ2n) is 13.9. The van der Waals surface area contributed by atoms with Crippen LogP contribution < -0.4 is 14.8 Å². The van der Waals surface area contributed by atoms with Crippen molar-refractivity contribution in [2.24, 2.45) is 9.98 Å². The summed E-state index contributed by atoms with van der Waals surface area (Å²) in [6.07, 6.45) is 10.7. The number of hydrogen-bond acceptors (Lipinski definition) is 5. The first-order valence-corrected chi connectivity index (χ1v) is 19.7. The second kappa shape index (κ2) is 19.1. The van der Waals surface area contributed by atoms with Gasteiger partial charge in [-0.25, -0.2) is 0 Å². The van der Waals surface area contributed by atoms with Gasteiger partial charge in [-0.1, -0.05) is 153 Å². The Hall–Kier alpha value is -7.50. The zero-order valence-electron chi connectivity index (χ0n) is 33.6. The molecule has 8 rings (SSSR count). The lowest BCUT2D eigenvalue weighted by Crippen LogP contribution is -2.13. The molecule has 0 bridgehead atoms. The quantitative estimate of drug-likeness (QED) is 0.111. The Morgan fingerprint density at radius 1 is 0.712 bits per heavy atom. The Morgan fingerprint density at radius 3 is 2.12 bits per heavy atom. The summed E-state index contributed by atoms with van der Waals surface area (Å²) in [5.41, 5.74) is 13.5. The minimum atomic E-state index is 0.530. The number of benzene rings is 6. The predicted molar refractivity (Wildman–Crippen MR) is 250 cm³/mol. The molecule has 1 N–H and O–H groups in total. The molecule has 0 saturated carbocycles. The fraction of sp³-hybridized carbons (Fsp3) is 0.0741. The summed E-state index contributed by atoms with van der Waals surface area (Å²) in [7, 11) is 1.92. The largest absolute Gasteiger partial charge is 0.457 e. The van der Waals surface area contributed by atoms with Crippen molar-refractivity contribution in [1.82, 2.24) is 0 Å². The minimum Gasteiger partial charge on any atom is -0.457 e. The van der Waals surface area contributed by atoms with Gasteiger partial charge in [-0.3, -0.25) is 9.98 Å². The van der Waals surface area contributed by atoms with Crippen molar-refractivity contribution in [3.05, 3.63) is 234 Å². The van der Waals surface area contributed by atoms with Crippen molar-refractivity contribution in [2.45, 2.75) is 13.3 Å². The number of anilines is 1. The maximum absolute atomic E-state index is 6.36. The summed E-state index contributed by atoms with van der Waals surface area (Å²) in [5.74, 6) is 3.21. The van der Waals surface area contributed by atoms with Gasteiger partial charge < -0.3 is 14.8 Å². The fourth-order valence-corrected chi connectivity index (χ4v) is 7.12. The van der Waals surface area contributed by atoms with E-state index in [0.29, 0.717) is 12.3 Å². The molecule has 0 amide bonds. The van der Waals surface area contributed by atoms with Crippen LogP contribution in [0.3, 0.4) is 0 Å². The smallest absolute Gasteiger partial charge is 0.142 e. The monoisotopic (exact) mass is 769 g/mol. The van der Waals surface area contributed by atoms with Gasteiger partial charge in [0, 0.05) is 41.4 Å². The van der Waals surface area contributed by atoms with Crippen molar-refractivity contribution in [2.75, 3.05) is 18.9 Å². The van der Waals surface area contributed by atoms with Crippen molar-refractivity contribution >= 4 is 40.9 Å². The van der Waals surface area contributed by atoms with Crippen LogP contribution in [-0.2, 0) is 6.42 Å². The van der Waals surface area contributed by atoms with Gasteiger partial charge in [-0.05, 0) is 83.9 Å². The minimum absolute atomic E-state index is 0.530. The Morgan fingerprint density at radius 2 is 1.39 bits per heavy atom. The molecular formula is C54H47N3O2. The van der Waals surface area contributed by atoms with Crippen molar-refractivity contribution in [1.29, 1.82) is 0 Å². The van der Waals surface area contributed by atoms with Crippen LogP contribution in [0.2, 0.25) is 0 Å². The lowest BCUT2D eigenvalue weighted by molar-refractivity contribution is 0.481. The van der Waals surface area contributed by atoms with Crippen LogP contribution in [0.5, 0.6) is 11.5 Å². The number of hydrogen-bond donors (Lipinski definition) is 1. The Labute approximate surface area is 348 Å². The highest BCUT2D eigenvalue weighted by Gasteiger charge is 2.28. The number of fused-ring (bicyclic) bond motifs is 5. The van der Waals surface area contributed by atoms with E-state index in [2.05, 4.69) is 109 Å². The highest BCUT2D eigenvalue weighted by molar-refractivity contribution is 6.13. The number of para-hydroxylation sites is 2. The highest BCUT2D eigenvalue weighted by atomic mass is 16.5. The molecule has 2 aliphatic rings. The van der Waals surface area contributed by atoms with E-state index in [9.17, 15) is 0 Å². The molecule has 0 radical (unpaired) electrons. The van der Waals surface area contributed by atoms with Crippen LogP contribution >= 0.6 is 0 Å². The van der Waals surface area contributed by atoms with E-state index in [1.54, 1.807) is 6.08 Å². The molecule has 59 heavy (non-hydrogen) atoms. The second-order valence-corrected chi connectivity index (χ2v) is 13.9. The van der Waals surface area contributed by atoms with Gasteiger partial charge in [0.25, 0.3) is 0 Å². The standard InChI is InChI=1S/C31H31N3.C23H16O2/c1-5-11-24(12-6-2)23-34-31(22-30(33-4)26-13-8-7-9-14-26)28-16-10-15-27(21-28)25-17-19-29(32-3)20-18-25;1-15-17-9-3-4-10-18(17)20-14-16-8-2-6-12-21(16)25-23(20)19-11-5-7-13-22(19)24-15/h5-22,32H,1,4,23H2,2-3H3;2-13H,1,14H2/b12-6-,24-11+,30-22-,34-31?;. The van der Waals surface area contributed by atoms with E-state index in [4.69, 9.17) is 14.5 Å². The summed E-state index contributed by atoms with van der Waals surface area (Å²) in [4.78, 5) is 9.28. The number of allylic oxidation sites excluding steroid dienone is 5. The first kappa shape index (κ1) is 39.7. The average molecular weight is 770 g/mol. The van der Waals surface area contributed by atoms with Crippen LogP contribution in [0.1, 0.15) is 40.3 Å². The molecule has 0 aliphatic carbocycles. The molecule has 0 atom stereocenters. The first-order chi connectivity index (χ1) is 29.0. The molecule has 0 aromatic heterocycles. The molecule has 0 fully saturated rings. The third-order valence-electron chi connectivity index (χ3n) is 10.1. The van der Waals surface area contributed by atoms with E-state index >= 15 is 0 Å². The first-order valence-electron chi connectivity index (χ1n) is 19.7. The van der Waals surface area contributed by atoms with Crippen LogP contribution in [0, 0.1) is 0 Å². The van der Waals surface area contributed by atoms with Gasteiger partial charge in [0.2, 0.25) is 0 Å². The van der Waals surface area contributed by atoms with Crippen LogP contribution in [0.15, 0.2) is 211 Å². The molecule has 6 aromatic carbocycles. The summed E-state index contributed by atoms with van der Waals surface area (Å²) in [6.45, 7) is 14.3. The summed E-state index contributed by atoms with van der Waals surface area (Å²) >= 11 is 0. The molecule has 0 unspecified atom stereocenters. The van der Waals surface area contributed by atoms with Crippen LogP contribution in [0.4, 0.5) is 5.69 Å². The number of aliphatic imine (C=N–C) groups is 2. The Bertz CT molecular complexity index is 2640. The molecule has 290 valence electrons. The molecule has 0 spiro atoms. The molecule has 5 heteroatoms. The van der Waals surface area contributed by atoms with E-state index in [1.165, 1.54) is 11.1 Å². The SMILES string of the molecule is C=C/C=C(\C=C/C)CN=C(/C=C(\N=C)c1ccccc1)c1cccc(-c2ccc(NC)cc2)c1.C=C1Oc2ccccc2C2=C(Cc3ccccc3O2)c2ccccc21. The third-order valence-corrected chi connectivity index (χ3v) is 10.1. The number of nitrogens with zero attached hydrogens (tertiary/aromatic N) is 2. The highest BCUT2D eigenvalue weighted by Crippen LogP contribution is 2.45. The fourth-order valence-electron chi connectivity index (χ4n) is 7.12. The molecule has 6 aromatic rings. The third kappa shape index (κ3) is 9.39. The van der Waals surface area contributed by atoms with Gasteiger partial charge in [0.1, 0.15) is 23.0 Å². The van der Waals surface area contributed by atoms with E-state index in [-0.39, 0.29) is 0 Å². The molecule has 2 heterocycles. The molecule has 5 nitrogen and oxygen atoms in total.